The van der Waals surface area contributed by atoms with Crippen molar-refractivity contribution in [3.05, 3.63) is 40.4 Å². The largest absolute Gasteiger partial charge is 0.484 e. The minimum absolute atomic E-state index is 0.122. The summed E-state index contributed by atoms with van der Waals surface area (Å²) < 4.78 is 16.0. The van der Waals surface area contributed by atoms with Gasteiger partial charge in [-0.25, -0.2) is 4.98 Å². The predicted octanol–water partition coefficient (Wildman–Crippen LogP) is 1.50. The second-order valence-corrected chi connectivity index (χ2v) is 7.59. The first-order chi connectivity index (χ1) is 14.5. The van der Waals surface area contributed by atoms with E-state index in [0.717, 1.165) is 10.4 Å². The number of rotatable bonds is 13. The van der Waals surface area contributed by atoms with E-state index in [0.29, 0.717) is 56.0 Å². The summed E-state index contributed by atoms with van der Waals surface area (Å²) >= 11 is 1.41. The van der Waals surface area contributed by atoms with Crippen molar-refractivity contribution in [3.63, 3.8) is 0 Å². The molecular formula is C20H28N4O5S. The van der Waals surface area contributed by atoms with Crippen molar-refractivity contribution in [1.82, 2.24) is 10.3 Å². The predicted molar refractivity (Wildman–Crippen MR) is 115 cm³/mol. The molecule has 0 aliphatic rings. The van der Waals surface area contributed by atoms with Gasteiger partial charge in [0.1, 0.15) is 5.75 Å². The zero-order valence-corrected chi connectivity index (χ0v) is 18.0. The van der Waals surface area contributed by atoms with Crippen molar-refractivity contribution >= 4 is 28.3 Å². The van der Waals surface area contributed by atoms with E-state index < -0.39 is 0 Å². The van der Waals surface area contributed by atoms with Crippen LogP contribution < -0.4 is 21.1 Å². The number of nitrogens with two attached hydrogens (primary N) is 1. The van der Waals surface area contributed by atoms with Gasteiger partial charge in [0.05, 0.1) is 26.4 Å². The Labute approximate surface area is 179 Å². The van der Waals surface area contributed by atoms with Gasteiger partial charge in [0.25, 0.3) is 11.8 Å². The number of thiazole rings is 1. The molecule has 30 heavy (non-hydrogen) atoms. The highest BCUT2D eigenvalue weighted by Gasteiger charge is 2.12. The number of aromatic nitrogens is 1. The van der Waals surface area contributed by atoms with Gasteiger partial charge in [0, 0.05) is 29.7 Å². The van der Waals surface area contributed by atoms with Gasteiger partial charge in [-0.2, -0.15) is 0 Å². The van der Waals surface area contributed by atoms with Gasteiger partial charge in [0.2, 0.25) is 0 Å². The second-order valence-electron chi connectivity index (χ2n) is 6.36. The van der Waals surface area contributed by atoms with Gasteiger partial charge in [-0.15, -0.1) is 11.3 Å². The average Bonchev–Trinajstić information content (AvgIpc) is 3.13. The number of anilines is 1. The molecule has 0 aliphatic carbocycles. The summed E-state index contributed by atoms with van der Waals surface area (Å²) in [5.74, 6) is 0.0220. The molecule has 0 spiro atoms. The molecule has 0 radical (unpaired) electrons. The van der Waals surface area contributed by atoms with Crippen LogP contribution in [0.25, 0.3) is 0 Å². The third-order valence-corrected chi connectivity index (χ3v) is 4.69. The Kier molecular flexibility index (Phi) is 10.2. The number of carbonyl (C=O) groups is 2. The molecule has 0 saturated heterocycles. The summed E-state index contributed by atoms with van der Waals surface area (Å²) in [4.78, 5) is 29.4. The number of hydrogen-bond acceptors (Lipinski definition) is 8. The highest BCUT2D eigenvalue weighted by molar-refractivity contribution is 7.15. The maximum Gasteiger partial charge on any atom is 0.258 e. The number of benzene rings is 1. The van der Waals surface area contributed by atoms with Gasteiger partial charge < -0.3 is 25.3 Å². The Balaban J connectivity index is 1.68. The lowest BCUT2D eigenvalue weighted by molar-refractivity contribution is -0.123. The van der Waals surface area contributed by atoms with Crippen LogP contribution in [0.5, 0.6) is 5.75 Å². The summed E-state index contributed by atoms with van der Waals surface area (Å²) in [6.45, 7) is 6.30. The molecule has 0 fully saturated rings. The van der Waals surface area contributed by atoms with Crippen molar-refractivity contribution in [2.24, 2.45) is 5.73 Å². The summed E-state index contributed by atoms with van der Waals surface area (Å²) in [7, 11) is 0. The molecule has 9 nitrogen and oxygen atoms in total. The number of carbonyl (C=O) groups excluding carboxylic acids is 2. The third kappa shape index (κ3) is 8.46. The van der Waals surface area contributed by atoms with Gasteiger partial charge in [-0.1, -0.05) is 0 Å². The third-order valence-electron chi connectivity index (χ3n) is 3.86. The molecular weight excluding hydrogens is 408 g/mol. The number of ether oxygens (including phenoxy) is 3. The molecule has 2 aromatic rings. The minimum Gasteiger partial charge on any atom is -0.484 e. The first kappa shape index (κ1) is 23.7. The Hall–Kier alpha value is -2.53. The Morgan fingerprint density at radius 2 is 1.90 bits per heavy atom. The van der Waals surface area contributed by atoms with Crippen molar-refractivity contribution in [2.75, 3.05) is 51.4 Å². The fraction of sp³-hybridized carbons (Fsp3) is 0.450. The van der Waals surface area contributed by atoms with Crippen LogP contribution in [0.2, 0.25) is 0 Å². The second kappa shape index (κ2) is 12.9. The maximum absolute atomic E-state index is 12.4. The molecule has 1 aromatic heterocycles. The minimum atomic E-state index is -0.253. The normalized spacial score (nSPS) is 10.6. The van der Waals surface area contributed by atoms with Crippen LogP contribution >= 0.6 is 11.3 Å². The molecule has 2 amide bonds. The van der Waals surface area contributed by atoms with Gasteiger partial charge in [0.15, 0.2) is 11.7 Å². The smallest absolute Gasteiger partial charge is 0.258 e. The van der Waals surface area contributed by atoms with E-state index in [-0.39, 0.29) is 18.4 Å². The van der Waals surface area contributed by atoms with Crippen LogP contribution in [0, 0.1) is 13.8 Å². The zero-order valence-electron chi connectivity index (χ0n) is 17.2. The van der Waals surface area contributed by atoms with Crippen LogP contribution in [0.3, 0.4) is 0 Å². The van der Waals surface area contributed by atoms with E-state index in [1.54, 1.807) is 24.4 Å². The van der Waals surface area contributed by atoms with E-state index in [1.165, 1.54) is 11.3 Å². The van der Waals surface area contributed by atoms with Gasteiger partial charge >= 0.3 is 0 Å². The van der Waals surface area contributed by atoms with Gasteiger partial charge in [-0.3, -0.25) is 14.9 Å². The van der Waals surface area contributed by atoms with E-state index >= 15 is 0 Å². The molecule has 0 aliphatic heterocycles. The number of nitrogens with zero attached hydrogens (tertiary/aromatic N) is 1. The van der Waals surface area contributed by atoms with Crippen molar-refractivity contribution in [2.45, 2.75) is 13.8 Å². The molecule has 0 bridgehead atoms. The molecule has 4 N–H and O–H groups in total. The number of aryl methyl sites for hydroxylation is 2. The van der Waals surface area contributed by atoms with Crippen LogP contribution in [0.15, 0.2) is 24.4 Å². The Bertz CT molecular complexity index is 827. The average molecular weight is 437 g/mol. The molecule has 10 heteroatoms. The van der Waals surface area contributed by atoms with Crippen LogP contribution in [-0.4, -0.2) is 62.9 Å². The monoisotopic (exact) mass is 436 g/mol. The lowest BCUT2D eigenvalue weighted by atomic mass is 10.1. The lowest BCUT2D eigenvalue weighted by Crippen LogP contribution is -2.32. The van der Waals surface area contributed by atoms with Gasteiger partial charge in [-0.05, 0) is 37.6 Å². The molecule has 0 atom stereocenters. The zero-order chi connectivity index (χ0) is 21.8. The van der Waals surface area contributed by atoms with E-state index in [1.807, 2.05) is 13.8 Å². The summed E-state index contributed by atoms with van der Waals surface area (Å²) in [5, 5.41) is 6.04. The van der Waals surface area contributed by atoms with Crippen molar-refractivity contribution in [3.8, 4) is 5.75 Å². The topological polar surface area (TPSA) is 125 Å². The molecule has 0 saturated carbocycles. The lowest BCUT2D eigenvalue weighted by Gasteiger charge is -2.10. The molecule has 1 heterocycles. The fourth-order valence-electron chi connectivity index (χ4n) is 2.43. The van der Waals surface area contributed by atoms with Crippen LogP contribution in [0.1, 0.15) is 20.8 Å². The first-order valence-corrected chi connectivity index (χ1v) is 10.4. The molecule has 0 unspecified atom stereocenters. The SMILES string of the molecule is Cc1cnc(NC(=O)c2ccc(OCC(=O)NCCOCCOCCN)cc2C)s1. The van der Waals surface area contributed by atoms with Crippen molar-refractivity contribution < 1.29 is 23.8 Å². The quantitative estimate of drug-likeness (QED) is 0.406. The molecule has 164 valence electrons. The number of hydrogen-bond donors (Lipinski definition) is 3. The highest BCUT2D eigenvalue weighted by atomic mass is 32.1. The van der Waals surface area contributed by atoms with E-state index in [4.69, 9.17) is 19.9 Å². The molecule has 2 rings (SSSR count). The first-order valence-electron chi connectivity index (χ1n) is 9.59. The molecule has 1 aromatic carbocycles. The summed E-state index contributed by atoms with van der Waals surface area (Å²) in [5.41, 5.74) is 6.57. The van der Waals surface area contributed by atoms with Crippen LogP contribution in [-0.2, 0) is 14.3 Å². The maximum atomic E-state index is 12.4. The summed E-state index contributed by atoms with van der Waals surface area (Å²) in [6, 6.07) is 5.05. The summed E-state index contributed by atoms with van der Waals surface area (Å²) in [6.07, 6.45) is 1.71. The number of amides is 2. The van der Waals surface area contributed by atoms with E-state index in [9.17, 15) is 9.59 Å². The Morgan fingerprint density at radius 3 is 2.57 bits per heavy atom. The van der Waals surface area contributed by atoms with Crippen LogP contribution in [0.4, 0.5) is 5.13 Å². The Morgan fingerprint density at radius 1 is 1.13 bits per heavy atom. The fourth-order valence-corrected chi connectivity index (χ4v) is 3.09. The highest BCUT2D eigenvalue weighted by Crippen LogP contribution is 2.21. The van der Waals surface area contributed by atoms with E-state index in [2.05, 4.69) is 15.6 Å². The number of nitrogens with one attached hydrogen (secondary N) is 2. The standard InChI is InChI=1S/C20H28N4O5S/c1-14-11-16(3-4-17(14)19(26)24-20-23-12-15(2)30-20)29-13-18(25)22-6-8-28-10-9-27-7-5-21/h3-4,11-12H,5-10,13,21H2,1-2H3,(H,22,25)(H,23,24,26). The van der Waals surface area contributed by atoms with Crippen molar-refractivity contribution in [1.29, 1.82) is 0 Å².